The number of amides is 1. The van der Waals surface area contributed by atoms with Gasteiger partial charge >= 0.3 is 0 Å². The first-order valence-corrected chi connectivity index (χ1v) is 5.74. The lowest BCUT2D eigenvalue weighted by molar-refractivity contribution is 0.0995. The summed E-state index contributed by atoms with van der Waals surface area (Å²) >= 11 is 0. The molecule has 1 amide bonds. The lowest BCUT2D eigenvalue weighted by atomic mass is 10.1. The minimum atomic E-state index is -0.462. The fourth-order valence-electron chi connectivity index (χ4n) is 1.81. The lowest BCUT2D eigenvalue weighted by Gasteiger charge is -2.11. The van der Waals surface area contributed by atoms with Gasteiger partial charge in [0.15, 0.2) is 0 Å². The molecule has 0 saturated heterocycles. The third kappa shape index (κ3) is 2.69. The van der Waals surface area contributed by atoms with Crippen LogP contribution in [0.5, 0.6) is 5.75 Å². The highest BCUT2D eigenvalue weighted by Gasteiger charge is 2.12. The third-order valence-corrected chi connectivity index (χ3v) is 2.72. The van der Waals surface area contributed by atoms with E-state index in [1.54, 1.807) is 6.07 Å². The summed E-state index contributed by atoms with van der Waals surface area (Å²) in [6, 6.07) is 15.2. The van der Waals surface area contributed by atoms with Crippen LogP contribution in [0.3, 0.4) is 0 Å². The molecular formula is C15H15NO2. The van der Waals surface area contributed by atoms with Gasteiger partial charge in [-0.3, -0.25) is 4.79 Å². The first kappa shape index (κ1) is 12.2. The van der Waals surface area contributed by atoms with Crippen LogP contribution in [0.2, 0.25) is 0 Å². The average molecular weight is 241 g/mol. The fraction of sp³-hybridized carbons (Fsp3) is 0.133. The van der Waals surface area contributed by atoms with Crippen LogP contribution in [-0.2, 0) is 6.61 Å². The molecule has 0 spiro atoms. The van der Waals surface area contributed by atoms with Crippen molar-refractivity contribution in [1.29, 1.82) is 0 Å². The highest BCUT2D eigenvalue weighted by molar-refractivity contribution is 5.97. The van der Waals surface area contributed by atoms with E-state index in [0.717, 1.165) is 11.1 Å². The molecule has 0 atom stereocenters. The maximum Gasteiger partial charge on any atom is 0.252 e. The number of hydrogen-bond donors (Lipinski definition) is 1. The Kier molecular flexibility index (Phi) is 3.63. The predicted molar refractivity (Wildman–Crippen MR) is 70.5 cm³/mol. The van der Waals surface area contributed by atoms with E-state index >= 15 is 0 Å². The molecule has 92 valence electrons. The van der Waals surface area contributed by atoms with Crippen LogP contribution < -0.4 is 10.5 Å². The topological polar surface area (TPSA) is 52.3 Å². The largest absolute Gasteiger partial charge is 0.488 e. The number of primary amides is 1. The van der Waals surface area contributed by atoms with Crippen LogP contribution in [-0.4, -0.2) is 5.91 Å². The van der Waals surface area contributed by atoms with Crippen molar-refractivity contribution in [3.8, 4) is 5.75 Å². The molecule has 2 N–H and O–H groups in total. The monoisotopic (exact) mass is 241 g/mol. The molecule has 18 heavy (non-hydrogen) atoms. The van der Waals surface area contributed by atoms with Gasteiger partial charge in [-0.1, -0.05) is 42.5 Å². The fourth-order valence-corrected chi connectivity index (χ4v) is 1.81. The summed E-state index contributed by atoms with van der Waals surface area (Å²) in [5.74, 6) is 0.0718. The number of hydrogen-bond acceptors (Lipinski definition) is 2. The maximum absolute atomic E-state index is 11.4. The standard InChI is InChI=1S/C15H15NO2/c1-11-6-5-9-13(14(11)15(16)17)18-10-12-7-3-2-4-8-12/h2-9H,10H2,1H3,(H2,16,17). The van der Waals surface area contributed by atoms with E-state index in [4.69, 9.17) is 10.5 Å². The van der Waals surface area contributed by atoms with Gasteiger partial charge in [0.05, 0.1) is 5.56 Å². The number of aryl methyl sites for hydroxylation is 1. The van der Waals surface area contributed by atoms with E-state index in [0.29, 0.717) is 17.9 Å². The van der Waals surface area contributed by atoms with Crippen molar-refractivity contribution in [3.63, 3.8) is 0 Å². The van der Waals surface area contributed by atoms with E-state index in [9.17, 15) is 4.79 Å². The van der Waals surface area contributed by atoms with Gasteiger partial charge < -0.3 is 10.5 Å². The third-order valence-electron chi connectivity index (χ3n) is 2.72. The number of benzene rings is 2. The summed E-state index contributed by atoms with van der Waals surface area (Å²) in [7, 11) is 0. The molecule has 2 aromatic carbocycles. The second kappa shape index (κ2) is 5.36. The van der Waals surface area contributed by atoms with Crippen LogP contribution >= 0.6 is 0 Å². The van der Waals surface area contributed by atoms with Crippen molar-refractivity contribution in [3.05, 3.63) is 65.2 Å². The Morgan fingerprint density at radius 2 is 1.83 bits per heavy atom. The molecule has 0 aliphatic rings. The van der Waals surface area contributed by atoms with Gasteiger partial charge in [-0.15, -0.1) is 0 Å². The predicted octanol–water partition coefficient (Wildman–Crippen LogP) is 2.67. The quantitative estimate of drug-likeness (QED) is 0.894. The summed E-state index contributed by atoms with van der Waals surface area (Å²) in [6.45, 7) is 2.26. The second-order valence-electron chi connectivity index (χ2n) is 4.09. The molecule has 2 rings (SSSR count). The van der Waals surface area contributed by atoms with E-state index in [1.807, 2.05) is 49.4 Å². The van der Waals surface area contributed by atoms with Crippen LogP contribution in [0.4, 0.5) is 0 Å². The van der Waals surface area contributed by atoms with Gasteiger partial charge in [0.25, 0.3) is 5.91 Å². The summed E-state index contributed by atoms with van der Waals surface area (Å²) in [5.41, 5.74) is 7.69. The Labute approximate surface area is 106 Å². The molecule has 0 aliphatic carbocycles. The van der Waals surface area contributed by atoms with Crippen molar-refractivity contribution >= 4 is 5.91 Å². The van der Waals surface area contributed by atoms with Crippen molar-refractivity contribution in [2.24, 2.45) is 5.73 Å². The maximum atomic E-state index is 11.4. The van der Waals surface area contributed by atoms with Crippen LogP contribution in [0.1, 0.15) is 21.5 Å². The summed E-state index contributed by atoms with van der Waals surface area (Å²) in [5, 5.41) is 0. The molecule has 2 aromatic rings. The molecular weight excluding hydrogens is 226 g/mol. The Morgan fingerprint density at radius 1 is 1.11 bits per heavy atom. The van der Waals surface area contributed by atoms with Crippen LogP contribution in [0.15, 0.2) is 48.5 Å². The second-order valence-corrected chi connectivity index (χ2v) is 4.09. The Balaban J connectivity index is 2.20. The highest BCUT2D eigenvalue weighted by Crippen LogP contribution is 2.22. The summed E-state index contributed by atoms with van der Waals surface area (Å²) in [6.07, 6.45) is 0. The van der Waals surface area contributed by atoms with Crippen molar-refractivity contribution in [2.45, 2.75) is 13.5 Å². The molecule has 3 nitrogen and oxygen atoms in total. The molecule has 0 aliphatic heterocycles. The minimum absolute atomic E-state index is 0.421. The SMILES string of the molecule is Cc1cccc(OCc2ccccc2)c1C(N)=O. The molecule has 0 radical (unpaired) electrons. The zero-order valence-corrected chi connectivity index (χ0v) is 10.2. The van der Waals surface area contributed by atoms with Gasteiger partial charge in [0.2, 0.25) is 0 Å². The van der Waals surface area contributed by atoms with Crippen molar-refractivity contribution < 1.29 is 9.53 Å². The lowest BCUT2D eigenvalue weighted by Crippen LogP contribution is -2.14. The van der Waals surface area contributed by atoms with Gasteiger partial charge in [0.1, 0.15) is 12.4 Å². The summed E-state index contributed by atoms with van der Waals surface area (Å²) < 4.78 is 5.66. The van der Waals surface area contributed by atoms with E-state index < -0.39 is 5.91 Å². The average Bonchev–Trinajstić information content (AvgIpc) is 2.37. The molecule has 0 unspecified atom stereocenters. The Hall–Kier alpha value is -2.29. The van der Waals surface area contributed by atoms with Crippen LogP contribution in [0, 0.1) is 6.92 Å². The number of nitrogens with two attached hydrogens (primary N) is 1. The molecule has 0 aromatic heterocycles. The van der Waals surface area contributed by atoms with Crippen LogP contribution in [0.25, 0.3) is 0 Å². The van der Waals surface area contributed by atoms with Crippen molar-refractivity contribution in [1.82, 2.24) is 0 Å². The van der Waals surface area contributed by atoms with Gasteiger partial charge in [-0.05, 0) is 24.1 Å². The van der Waals surface area contributed by atoms with Crippen molar-refractivity contribution in [2.75, 3.05) is 0 Å². The first-order valence-electron chi connectivity index (χ1n) is 5.74. The van der Waals surface area contributed by atoms with E-state index in [1.165, 1.54) is 0 Å². The Bertz CT molecular complexity index is 550. The van der Waals surface area contributed by atoms with Gasteiger partial charge in [-0.25, -0.2) is 0 Å². The minimum Gasteiger partial charge on any atom is -0.488 e. The number of ether oxygens (including phenoxy) is 1. The molecule has 0 fully saturated rings. The van der Waals surface area contributed by atoms with E-state index in [2.05, 4.69) is 0 Å². The van der Waals surface area contributed by atoms with Gasteiger partial charge in [0, 0.05) is 0 Å². The first-order chi connectivity index (χ1) is 8.68. The number of carbonyl (C=O) groups is 1. The van der Waals surface area contributed by atoms with Gasteiger partial charge in [-0.2, -0.15) is 0 Å². The smallest absolute Gasteiger partial charge is 0.252 e. The normalized spacial score (nSPS) is 10.1. The zero-order chi connectivity index (χ0) is 13.0. The zero-order valence-electron chi connectivity index (χ0n) is 10.2. The molecule has 0 bridgehead atoms. The molecule has 0 heterocycles. The van der Waals surface area contributed by atoms with E-state index in [-0.39, 0.29) is 0 Å². The number of rotatable bonds is 4. The number of carbonyl (C=O) groups excluding carboxylic acids is 1. The molecule has 3 heteroatoms. The highest BCUT2D eigenvalue weighted by atomic mass is 16.5. The Morgan fingerprint density at radius 3 is 2.50 bits per heavy atom. The molecule has 0 saturated carbocycles. The summed E-state index contributed by atoms with van der Waals surface area (Å²) in [4.78, 5) is 11.4.